The standard InChI is InChI=1S/C45H35NO/c1-3-45(4-2)40-21-10-8-18-34(40)35-25-24-33(29-41(35)45)46(32-17-12-16-31(28-32)30-14-6-5-7-15-30)42-22-13-20-38-36(42)26-27-39-37-19-9-11-23-43(37)47-44(38)39/h5-29H,3-4H2,1-2H3. The number of hydrogen-bond acceptors (Lipinski definition) is 2. The van der Waals surface area contributed by atoms with Crippen LogP contribution in [0.5, 0.6) is 0 Å². The molecule has 0 atom stereocenters. The average molecular weight is 606 g/mol. The Kier molecular flexibility index (Phi) is 6.33. The number of fused-ring (bicyclic) bond motifs is 8. The maximum Gasteiger partial charge on any atom is 0.143 e. The van der Waals surface area contributed by atoms with Gasteiger partial charge in [0.25, 0.3) is 0 Å². The molecule has 1 aliphatic rings. The SMILES string of the molecule is CCC1(CC)c2ccccc2-c2ccc(N(c3cccc(-c4ccccc4)c3)c3cccc4c3ccc3c5ccccc5oc43)cc21. The van der Waals surface area contributed by atoms with Gasteiger partial charge in [0.05, 0.1) is 5.69 Å². The van der Waals surface area contributed by atoms with Gasteiger partial charge in [-0.1, -0.05) is 123 Å². The van der Waals surface area contributed by atoms with Crippen molar-refractivity contribution in [2.75, 3.05) is 4.90 Å². The van der Waals surface area contributed by atoms with Crippen molar-refractivity contribution in [3.8, 4) is 22.3 Å². The van der Waals surface area contributed by atoms with Crippen LogP contribution in [0.3, 0.4) is 0 Å². The second-order valence-corrected chi connectivity index (χ2v) is 12.7. The summed E-state index contributed by atoms with van der Waals surface area (Å²) in [6, 6.07) is 55.2. The average Bonchev–Trinajstić information content (AvgIpc) is 3.66. The predicted octanol–water partition coefficient (Wildman–Crippen LogP) is 13.0. The third kappa shape index (κ3) is 4.11. The topological polar surface area (TPSA) is 16.4 Å². The first-order chi connectivity index (χ1) is 23.2. The van der Waals surface area contributed by atoms with E-state index in [0.717, 1.165) is 62.6 Å². The van der Waals surface area contributed by atoms with Gasteiger partial charge in [-0.05, 0) is 88.7 Å². The number of benzene rings is 7. The highest BCUT2D eigenvalue weighted by atomic mass is 16.3. The molecule has 0 amide bonds. The van der Waals surface area contributed by atoms with Gasteiger partial charge in [-0.25, -0.2) is 0 Å². The van der Waals surface area contributed by atoms with E-state index in [4.69, 9.17) is 4.42 Å². The van der Waals surface area contributed by atoms with Crippen molar-refractivity contribution in [3.63, 3.8) is 0 Å². The van der Waals surface area contributed by atoms with Crippen molar-refractivity contribution in [2.24, 2.45) is 0 Å². The summed E-state index contributed by atoms with van der Waals surface area (Å²) in [6.45, 7) is 4.68. The van der Waals surface area contributed by atoms with Crippen LogP contribution in [0.15, 0.2) is 156 Å². The lowest BCUT2D eigenvalue weighted by molar-refractivity contribution is 0.490. The first-order valence-corrected chi connectivity index (χ1v) is 16.7. The summed E-state index contributed by atoms with van der Waals surface area (Å²) in [7, 11) is 0. The van der Waals surface area contributed by atoms with E-state index in [1.54, 1.807) is 0 Å². The van der Waals surface area contributed by atoms with E-state index in [0.29, 0.717) is 0 Å². The fourth-order valence-corrected chi connectivity index (χ4v) is 8.20. The van der Waals surface area contributed by atoms with E-state index < -0.39 is 0 Å². The van der Waals surface area contributed by atoms with Crippen molar-refractivity contribution < 1.29 is 4.42 Å². The van der Waals surface area contributed by atoms with E-state index in [1.165, 1.54) is 33.4 Å². The van der Waals surface area contributed by atoms with Gasteiger partial charge in [0.2, 0.25) is 0 Å². The van der Waals surface area contributed by atoms with Gasteiger partial charge in [0.15, 0.2) is 0 Å². The van der Waals surface area contributed by atoms with E-state index in [1.807, 2.05) is 6.07 Å². The van der Waals surface area contributed by atoms with E-state index in [9.17, 15) is 0 Å². The van der Waals surface area contributed by atoms with Crippen LogP contribution < -0.4 is 4.90 Å². The molecule has 9 rings (SSSR count). The first kappa shape index (κ1) is 27.7. The maximum absolute atomic E-state index is 6.52. The lowest BCUT2D eigenvalue weighted by atomic mass is 9.74. The molecule has 2 nitrogen and oxygen atoms in total. The summed E-state index contributed by atoms with van der Waals surface area (Å²) >= 11 is 0. The maximum atomic E-state index is 6.52. The number of nitrogens with zero attached hydrogens (tertiary/aromatic N) is 1. The van der Waals surface area contributed by atoms with Crippen LogP contribution in [0.2, 0.25) is 0 Å². The molecule has 2 heteroatoms. The van der Waals surface area contributed by atoms with Gasteiger partial charge in [-0.3, -0.25) is 0 Å². The van der Waals surface area contributed by atoms with E-state index >= 15 is 0 Å². The second kappa shape index (κ2) is 10.7. The van der Waals surface area contributed by atoms with Crippen LogP contribution in [0, 0.1) is 0 Å². The van der Waals surface area contributed by atoms with Crippen molar-refractivity contribution in [1.29, 1.82) is 0 Å². The third-order valence-electron chi connectivity index (χ3n) is 10.5. The molecule has 0 saturated heterocycles. The Labute approximate surface area is 275 Å². The van der Waals surface area contributed by atoms with Crippen LogP contribution in [0.25, 0.3) is 55.0 Å². The highest BCUT2D eigenvalue weighted by Gasteiger charge is 2.40. The van der Waals surface area contributed by atoms with Crippen molar-refractivity contribution in [3.05, 3.63) is 163 Å². The Morgan fingerprint density at radius 3 is 2.02 bits per heavy atom. The second-order valence-electron chi connectivity index (χ2n) is 12.7. The molecule has 0 spiro atoms. The molecule has 1 aliphatic carbocycles. The quantitative estimate of drug-likeness (QED) is 0.187. The Morgan fingerprint density at radius 2 is 1.15 bits per heavy atom. The Bertz CT molecular complexity index is 2450. The zero-order chi connectivity index (χ0) is 31.5. The van der Waals surface area contributed by atoms with Crippen LogP contribution in [0.4, 0.5) is 17.1 Å². The van der Waals surface area contributed by atoms with Crippen LogP contribution in [-0.2, 0) is 5.41 Å². The van der Waals surface area contributed by atoms with E-state index in [2.05, 4.69) is 164 Å². The summed E-state index contributed by atoms with van der Waals surface area (Å²) in [6.07, 6.45) is 2.11. The summed E-state index contributed by atoms with van der Waals surface area (Å²) in [4.78, 5) is 2.45. The molecule has 47 heavy (non-hydrogen) atoms. The minimum atomic E-state index is -0.0152. The largest absolute Gasteiger partial charge is 0.455 e. The minimum absolute atomic E-state index is 0.0152. The lowest BCUT2D eigenvalue weighted by Crippen LogP contribution is -2.23. The van der Waals surface area contributed by atoms with Crippen LogP contribution in [0.1, 0.15) is 37.8 Å². The molecule has 0 aliphatic heterocycles. The monoisotopic (exact) mass is 605 g/mol. The van der Waals surface area contributed by atoms with Gasteiger partial charge < -0.3 is 9.32 Å². The smallest absolute Gasteiger partial charge is 0.143 e. The first-order valence-electron chi connectivity index (χ1n) is 16.7. The molecule has 0 bridgehead atoms. The fraction of sp³-hybridized carbons (Fsp3) is 0.111. The number of para-hydroxylation sites is 1. The zero-order valence-corrected chi connectivity index (χ0v) is 26.7. The molecule has 226 valence electrons. The zero-order valence-electron chi connectivity index (χ0n) is 26.7. The fourth-order valence-electron chi connectivity index (χ4n) is 8.20. The van der Waals surface area contributed by atoms with Crippen molar-refractivity contribution in [2.45, 2.75) is 32.1 Å². The van der Waals surface area contributed by atoms with Crippen molar-refractivity contribution in [1.82, 2.24) is 0 Å². The summed E-state index contributed by atoms with van der Waals surface area (Å²) in [5, 5.41) is 4.57. The third-order valence-corrected chi connectivity index (χ3v) is 10.5. The molecule has 1 aromatic heterocycles. The summed E-state index contributed by atoms with van der Waals surface area (Å²) < 4.78 is 6.52. The van der Waals surface area contributed by atoms with Crippen LogP contribution >= 0.6 is 0 Å². The van der Waals surface area contributed by atoms with Gasteiger partial charge in [0, 0.05) is 38.3 Å². The number of hydrogen-bond donors (Lipinski definition) is 0. The van der Waals surface area contributed by atoms with Gasteiger partial charge in [-0.15, -0.1) is 0 Å². The van der Waals surface area contributed by atoms with Crippen molar-refractivity contribution >= 4 is 49.8 Å². The molecule has 8 aromatic rings. The lowest BCUT2D eigenvalue weighted by Gasteiger charge is -2.32. The molecular formula is C45H35NO. The van der Waals surface area contributed by atoms with Gasteiger partial charge in [0.1, 0.15) is 11.2 Å². The molecular weight excluding hydrogens is 571 g/mol. The molecule has 7 aromatic carbocycles. The van der Waals surface area contributed by atoms with E-state index in [-0.39, 0.29) is 5.41 Å². The molecule has 0 N–H and O–H groups in total. The molecule has 0 saturated carbocycles. The van der Waals surface area contributed by atoms with Crippen LogP contribution in [-0.4, -0.2) is 0 Å². The number of anilines is 3. The molecule has 0 fully saturated rings. The summed E-state index contributed by atoms with van der Waals surface area (Å²) in [5.41, 5.74) is 13.2. The summed E-state index contributed by atoms with van der Waals surface area (Å²) in [5.74, 6) is 0. The Balaban J connectivity index is 1.31. The molecule has 1 heterocycles. The number of furan rings is 1. The number of rotatable bonds is 6. The van der Waals surface area contributed by atoms with Gasteiger partial charge >= 0.3 is 0 Å². The normalized spacial score (nSPS) is 13.2. The molecule has 0 radical (unpaired) electrons. The Hall–Kier alpha value is -5.60. The highest BCUT2D eigenvalue weighted by Crippen LogP contribution is 2.54. The highest BCUT2D eigenvalue weighted by molar-refractivity contribution is 6.17. The minimum Gasteiger partial charge on any atom is -0.455 e. The van der Waals surface area contributed by atoms with Gasteiger partial charge in [-0.2, -0.15) is 0 Å². The Morgan fingerprint density at radius 1 is 0.489 bits per heavy atom. The molecule has 0 unspecified atom stereocenters. The predicted molar refractivity (Wildman–Crippen MR) is 198 cm³/mol.